The van der Waals surface area contributed by atoms with Gasteiger partial charge in [0.05, 0.1) is 12.0 Å². The van der Waals surface area contributed by atoms with E-state index in [0.717, 1.165) is 11.1 Å². The van der Waals surface area contributed by atoms with Crippen molar-refractivity contribution in [3.05, 3.63) is 70.7 Å². The minimum atomic E-state index is -0.177. The Morgan fingerprint density at radius 2 is 1.50 bits per heavy atom. The molecule has 2 rings (SSSR count). The van der Waals surface area contributed by atoms with Crippen molar-refractivity contribution in [2.45, 2.75) is 32.7 Å². The van der Waals surface area contributed by atoms with E-state index in [4.69, 9.17) is 11.6 Å². The van der Waals surface area contributed by atoms with E-state index in [-0.39, 0.29) is 23.8 Å². The molecule has 0 bridgehead atoms. The topological polar surface area (TPSA) is 29.1 Å². The van der Waals surface area contributed by atoms with Gasteiger partial charge in [-0.2, -0.15) is 0 Å². The van der Waals surface area contributed by atoms with Gasteiger partial charge in [-0.3, -0.25) is 4.79 Å². The molecule has 2 nitrogen and oxygen atoms in total. The van der Waals surface area contributed by atoms with E-state index in [1.165, 1.54) is 0 Å². The van der Waals surface area contributed by atoms with Crippen LogP contribution < -0.4 is 5.32 Å². The maximum absolute atomic E-state index is 12.7. The highest BCUT2D eigenvalue weighted by atomic mass is 35.5. The number of benzene rings is 2. The lowest BCUT2D eigenvalue weighted by Gasteiger charge is -2.23. The van der Waals surface area contributed by atoms with Crippen LogP contribution in [0.5, 0.6) is 0 Å². The minimum Gasteiger partial charge on any atom is -0.349 e. The first-order valence-corrected chi connectivity index (χ1v) is 7.97. The summed E-state index contributed by atoms with van der Waals surface area (Å²) in [6.45, 7) is 6.13. The van der Waals surface area contributed by atoms with E-state index in [1.807, 2.05) is 61.5 Å². The Morgan fingerprint density at radius 1 is 0.909 bits per heavy atom. The molecule has 0 saturated heterocycles. The van der Waals surface area contributed by atoms with E-state index in [9.17, 15) is 4.79 Å². The fraction of sp³-hybridized carbons (Fsp3) is 0.316. The van der Waals surface area contributed by atoms with Crippen LogP contribution in [0.2, 0.25) is 5.02 Å². The number of hydrogen-bond donors (Lipinski definition) is 1. The highest BCUT2D eigenvalue weighted by Gasteiger charge is 2.25. The molecular weight excluding hydrogens is 294 g/mol. The molecule has 0 aromatic heterocycles. The smallest absolute Gasteiger partial charge is 0.228 e. The normalized spacial score (nSPS) is 13.7. The van der Waals surface area contributed by atoms with Crippen molar-refractivity contribution in [3.63, 3.8) is 0 Å². The molecule has 0 aliphatic rings. The van der Waals surface area contributed by atoms with Crippen molar-refractivity contribution in [3.8, 4) is 0 Å². The van der Waals surface area contributed by atoms with Crippen molar-refractivity contribution in [1.29, 1.82) is 0 Å². The maximum atomic E-state index is 12.7. The molecule has 2 atom stereocenters. The molecule has 0 aliphatic carbocycles. The predicted molar refractivity (Wildman–Crippen MR) is 92.0 cm³/mol. The number of halogens is 1. The summed E-state index contributed by atoms with van der Waals surface area (Å²) in [5.41, 5.74) is 2.10. The SMILES string of the molecule is CC(C)[C@H](C(=O)N[C@@H](C)c1ccccc1)c1ccc(Cl)cc1. The lowest BCUT2D eigenvalue weighted by molar-refractivity contribution is -0.124. The molecule has 1 N–H and O–H groups in total. The highest BCUT2D eigenvalue weighted by molar-refractivity contribution is 6.30. The largest absolute Gasteiger partial charge is 0.349 e. The summed E-state index contributed by atoms with van der Waals surface area (Å²) in [6, 6.07) is 17.5. The van der Waals surface area contributed by atoms with E-state index in [2.05, 4.69) is 19.2 Å². The lowest BCUT2D eigenvalue weighted by atomic mass is 9.87. The molecule has 3 heteroatoms. The van der Waals surface area contributed by atoms with Crippen molar-refractivity contribution in [1.82, 2.24) is 5.32 Å². The zero-order valence-corrected chi connectivity index (χ0v) is 14.0. The Bertz CT molecular complexity index is 607. The van der Waals surface area contributed by atoms with E-state index < -0.39 is 0 Å². The van der Waals surface area contributed by atoms with E-state index in [0.29, 0.717) is 5.02 Å². The molecular formula is C19H22ClNO. The van der Waals surface area contributed by atoms with Gasteiger partial charge in [-0.1, -0.05) is 67.9 Å². The summed E-state index contributed by atoms with van der Waals surface area (Å²) in [5.74, 6) is 0.0845. The molecule has 1 amide bonds. The van der Waals surface area contributed by atoms with Crippen LogP contribution >= 0.6 is 11.6 Å². The number of amides is 1. The highest BCUT2D eigenvalue weighted by Crippen LogP contribution is 2.27. The molecule has 0 saturated carbocycles. The molecule has 0 spiro atoms. The molecule has 0 unspecified atom stereocenters. The number of hydrogen-bond acceptors (Lipinski definition) is 1. The predicted octanol–water partition coefficient (Wildman–Crippen LogP) is 4.96. The number of rotatable bonds is 5. The van der Waals surface area contributed by atoms with Crippen molar-refractivity contribution >= 4 is 17.5 Å². The van der Waals surface area contributed by atoms with E-state index in [1.54, 1.807) is 0 Å². The van der Waals surface area contributed by atoms with Gasteiger partial charge in [0.2, 0.25) is 5.91 Å². The third kappa shape index (κ3) is 4.11. The first-order chi connectivity index (χ1) is 10.5. The van der Waals surface area contributed by atoms with Crippen LogP contribution in [0.1, 0.15) is 43.9 Å². The summed E-state index contributed by atoms with van der Waals surface area (Å²) in [4.78, 5) is 12.7. The van der Waals surface area contributed by atoms with Gasteiger partial charge in [-0.15, -0.1) is 0 Å². The Labute approximate surface area is 137 Å². The van der Waals surface area contributed by atoms with Crippen LogP contribution in [0.15, 0.2) is 54.6 Å². The van der Waals surface area contributed by atoms with Gasteiger partial charge in [0.1, 0.15) is 0 Å². The summed E-state index contributed by atoms with van der Waals surface area (Å²) in [6.07, 6.45) is 0. The van der Waals surface area contributed by atoms with Gasteiger partial charge >= 0.3 is 0 Å². The van der Waals surface area contributed by atoms with Crippen molar-refractivity contribution in [2.75, 3.05) is 0 Å². The van der Waals surface area contributed by atoms with E-state index >= 15 is 0 Å². The van der Waals surface area contributed by atoms with Crippen LogP contribution in [0.4, 0.5) is 0 Å². The van der Waals surface area contributed by atoms with Crippen LogP contribution in [0.25, 0.3) is 0 Å². The molecule has 116 valence electrons. The monoisotopic (exact) mass is 315 g/mol. The third-order valence-corrected chi connectivity index (χ3v) is 4.09. The molecule has 22 heavy (non-hydrogen) atoms. The van der Waals surface area contributed by atoms with Crippen molar-refractivity contribution < 1.29 is 4.79 Å². The quantitative estimate of drug-likeness (QED) is 0.830. The maximum Gasteiger partial charge on any atom is 0.228 e. The summed E-state index contributed by atoms with van der Waals surface area (Å²) in [7, 11) is 0. The van der Waals surface area contributed by atoms with Crippen LogP contribution in [0, 0.1) is 5.92 Å². The second kappa shape index (κ2) is 7.46. The molecule has 2 aromatic rings. The van der Waals surface area contributed by atoms with Gasteiger partial charge in [-0.25, -0.2) is 0 Å². The zero-order chi connectivity index (χ0) is 16.1. The van der Waals surface area contributed by atoms with Crippen LogP contribution in [-0.2, 0) is 4.79 Å². The van der Waals surface area contributed by atoms with Gasteiger partial charge in [0.15, 0.2) is 0 Å². The molecule has 0 heterocycles. The molecule has 2 aromatic carbocycles. The van der Waals surface area contributed by atoms with Crippen LogP contribution in [-0.4, -0.2) is 5.91 Å². The summed E-state index contributed by atoms with van der Waals surface area (Å²) < 4.78 is 0. The second-order valence-electron chi connectivity index (χ2n) is 5.91. The van der Waals surface area contributed by atoms with Gasteiger partial charge in [0.25, 0.3) is 0 Å². The average molecular weight is 316 g/mol. The summed E-state index contributed by atoms with van der Waals surface area (Å²) in [5, 5.41) is 3.80. The standard InChI is InChI=1S/C19H22ClNO/c1-13(2)18(16-9-11-17(20)12-10-16)19(22)21-14(3)15-7-5-4-6-8-15/h4-14,18H,1-3H3,(H,21,22)/t14-,18-/m0/s1. The average Bonchev–Trinajstić information content (AvgIpc) is 2.50. The van der Waals surface area contributed by atoms with Crippen molar-refractivity contribution in [2.24, 2.45) is 5.92 Å². The second-order valence-corrected chi connectivity index (χ2v) is 6.35. The minimum absolute atomic E-state index is 0.0118. The van der Waals surface area contributed by atoms with Crippen LogP contribution in [0.3, 0.4) is 0 Å². The Kier molecular flexibility index (Phi) is 5.62. The Morgan fingerprint density at radius 3 is 2.05 bits per heavy atom. The first kappa shape index (κ1) is 16.6. The summed E-state index contributed by atoms with van der Waals surface area (Å²) >= 11 is 5.94. The number of carbonyl (C=O) groups excluding carboxylic acids is 1. The van der Waals surface area contributed by atoms with Gasteiger partial charge in [0, 0.05) is 5.02 Å². The Balaban J connectivity index is 2.15. The molecule has 0 radical (unpaired) electrons. The Hall–Kier alpha value is -1.80. The fourth-order valence-electron chi connectivity index (χ4n) is 2.64. The zero-order valence-electron chi connectivity index (χ0n) is 13.2. The first-order valence-electron chi connectivity index (χ1n) is 7.60. The lowest BCUT2D eigenvalue weighted by Crippen LogP contribution is -2.33. The number of carbonyl (C=O) groups is 1. The van der Waals surface area contributed by atoms with Gasteiger partial charge < -0.3 is 5.32 Å². The third-order valence-electron chi connectivity index (χ3n) is 3.84. The number of nitrogens with one attached hydrogen (secondary N) is 1. The fourth-order valence-corrected chi connectivity index (χ4v) is 2.76. The molecule has 0 aliphatic heterocycles. The van der Waals surface area contributed by atoms with Gasteiger partial charge in [-0.05, 0) is 36.1 Å². The molecule has 0 fully saturated rings.